The van der Waals surface area contributed by atoms with Crippen LogP contribution in [0.25, 0.3) is 0 Å². The normalized spacial score (nSPS) is 10.3. The fraction of sp³-hybridized carbons (Fsp3) is 0.125. The number of ether oxygens (including phenoxy) is 1. The smallest absolute Gasteiger partial charge is 0.387 e. The SMILES string of the molecule is N=C(N)c1cc(Cl)ccc1OC(F)F. The van der Waals surface area contributed by atoms with Crippen molar-refractivity contribution in [1.82, 2.24) is 0 Å². The second-order valence-electron chi connectivity index (χ2n) is 2.43. The van der Waals surface area contributed by atoms with E-state index >= 15 is 0 Å². The molecule has 0 aliphatic rings. The Bertz CT molecular complexity index is 357. The minimum Gasteiger partial charge on any atom is -0.434 e. The topological polar surface area (TPSA) is 59.1 Å². The molecule has 0 bridgehead atoms. The van der Waals surface area contributed by atoms with Crippen molar-refractivity contribution in [3.8, 4) is 5.75 Å². The van der Waals surface area contributed by atoms with Crippen LogP contribution in [0.4, 0.5) is 8.78 Å². The molecule has 3 nitrogen and oxygen atoms in total. The lowest BCUT2D eigenvalue weighted by atomic mass is 10.2. The van der Waals surface area contributed by atoms with Crippen LogP contribution in [0.3, 0.4) is 0 Å². The van der Waals surface area contributed by atoms with E-state index in [0.29, 0.717) is 5.02 Å². The molecule has 0 unspecified atom stereocenters. The number of amidine groups is 1. The van der Waals surface area contributed by atoms with Crippen molar-refractivity contribution in [3.05, 3.63) is 28.8 Å². The van der Waals surface area contributed by atoms with Crippen molar-refractivity contribution >= 4 is 17.4 Å². The highest BCUT2D eigenvalue weighted by molar-refractivity contribution is 6.31. The molecule has 1 rings (SSSR count). The molecule has 6 heteroatoms. The summed E-state index contributed by atoms with van der Waals surface area (Å²) in [5, 5.41) is 7.41. The maximum atomic E-state index is 11.9. The molecule has 0 aliphatic heterocycles. The number of hydrogen-bond donors (Lipinski definition) is 2. The molecule has 0 amide bonds. The number of alkyl halides is 2. The predicted molar refractivity (Wildman–Crippen MR) is 49.1 cm³/mol. The molecule has 0 saturated carbocycles. The highest BCUT2D eigenvalue weighted by atomic mass is 35.5. The van der Waals surface area contributed by atoms with Gasteiger partial charge in [-0.1, -0.05) is 11.6 Å². The Morgan fingerprint density at radius 3 is 2.64 bits per heavy atom. The van der Waals surface area contributed by atoms with Crippen molar-refractivity contribution < 1.29 is 13.5 Å². The van der Waals surface area contributed by atoms with Gasteiger partial charge in [0.05, 0.1) is 5.56 Å². The van der Waals surface area contributed by atoms with Crippen LogP contribution in [0, 0.1) is 5.41 Å². The van der Waals surface area contributed by atoms with E-state index in [-0.39, 0.29) is 17.1 Å². The molecule has 76 valence electrons. The molecule has 14 heavy (non-hydrogen) atoms. The zero-order valence-electron chi connectivity index (χ0n) is 6.93. The molecule has 0 aliphatic carbocycles. The van der Waals surface area contributed by atoms with Gasteiger partial charge in [0, 0.05) is 5.02 Å². The fourth-order valence-electron chi connectivity index (χ4n) is 0.911. The van der Waals surface area contributed by atoms with Gasteiger partial charge < -0.3 is 10.5 Å². The third kappa shape index (κ3) is 2.56. The van der Waals surface area contributed by atoms with Crippen molar-refractivity contribution in [1.29, 1.82) is 5.41 Å². The molecule has 1 aromatic rings. The summed E-state index contributed by atoms with van der Waals surface area (Å²) >= 11 is 5.60. The Hall–Kier alpha value is -1.36. The van der Waals surface area contributed by atoms with Crippen LogP contribution in [0.2, 0.25) is 5.02 Å². The number of benzene rings is 1. The summed E-state index contributed by atoms with van der Waals surface area (Å²) in [6, 6.07) is 3.92. The van der Waals surface area contributed by atoms with Gasteiger partial charge in [-0.2, -0.15) is 8.78 Å². The first-order valence-electron chi connectivity index (χ1n) is 3.59. The summed E-state index contributed by atoms with van der Waals surface area (Å²) in [6.45, 7) is -2.95. The van der Waals surface area contributed by atoms with E-state index in [1.165, 1.54) is 18.2 Å². The molecule has 0 radical (unpaired) electrons. The minimum atomic E-state index is -2.95. The Balaban J connectivity index is 3.08. The summed E-state index contributed by atoms with van der Waals surface area (Å²) in [6.07, 6.45) is 0. The van der Waals surface area contributed by atoms with E-state index in [1.807, 2.05) is 0 Å². The number of rotatable bonds is 3. The molecule has 1 aromatic carbocycles. The molecular weight excluding hydrogens is 214 g/mol. The van der Waals surface area contributed by atoms with E-state index in [1.54, 1.807) is 0 Å². The summed E-state index contributed by atoms with van der Waals surface area (Å²) < 4.78 is 27.9. The standard InChI is InChI=1S/C8H7ClF2N2O/c9-4-1-2-6(14-8(10)11)5(3-4)7(12)13/h1-3,8H,(H3,12,13). The molecule has 0 spiro atoms. The molecule has 0 heterocycles. The van der Waals surface area contributed by atoms with Crippen molar-refractivity contribution in [3.63, 3.8) is 0 Å². The van der Waals surface area contributed by atoms with Gasteiger partial charge >= 0.3 is 6.61 Å². The van der Waals surface area contributed by atoms with E-state index < -0.39 is 6.61 Å². The summed E-state index contributed by atoms with van der Waals surface area (Å²) in [5.74, 6) is -0.528. The third-order valence-electron chi connectivity index (χ3n) is 1.45. The molecule has 0 saturated heterocycles. The first-order chi connectivity index (χ1) is 6.50. The second kappa shape index (κ2) is 4.23. The number of hydrogen-bond acceptors (Lipinski definition) is 2. The quantitative estimate of drug-likeness (QED) is 0.606. The summed E-state index contributed by atoms with van der Waals surface area (Å²) in [5.41, 5.74) is 5.21. The lowest BCUT2D eigenvalue weighted by Gasteiger charge is -2.09. The number of nitrogens with two attached hydrogens (primary N) is 1. The average molecular weight is 221 g/mol. The molecule has 0 fully saturated rings. The maximum absolute atomic E-state index is 11.9. The van der Waals surface area contributed by atoms with Gasteiger partial charge in [0.1, 0.15) is 11.6 Å². The van der Waals surface area contributed by atoms with Crippen LogP contribution in [0.5, 0.6) is 5.75 Å². The number of nitrogens with one attached hydrogen (secondary N) is 1. The van der Waals surface area contributed by atoms with Crippen molar-refractivity contribution in [2.45, 2.75) is 6.61 Å². The molecule has 3 N–H and O–H groups in total. The summed E-state index contributed by atoms with van der Waals surface area (Å²) in [7, 11) is 0. The van der Waals surface area contributed by atoms with Gasteiger partial charge in [0.15, 0.2) is 0 Å². The Morgan fingerprint density at radius 1 is 1.50 bits per heavy atom. The van der Waals surface area contributed by atoms with Crippen LogP contribution in [0.15, 0.2) is 18.2 Å². The van der Waals surface area contributed by atoms with E-state index in [4.69, 9.17) is 22.7 Å². The highest BCUT2D eigenvalue weighted by Gasteiger charge is 2.11. The van der Waals surface area contributed by atoms with Crippen LogP contribution in [-0.2, 0) is 0 Å². The Morgan fingerprint density at radius 2 is 2.14 bits per heavy atom. The van der Waals surface area contributed by atoms with Gasteiger partial charge in [-0.15, -0.1) is 0 Å². The second-order valence-corrected chi connectivity index (χ2v) is 2.87. The number of nitrogen functional groups attached to an aromatic ring is 1. The lowest BCUT2D eigenvalue weighted by molar-refractivity contribution is -0.0499. The largest absolute Gasteiger partial charge is 0.434 e. The zero-order chi connectivity index (χ0) is 10.7. The number of halogens is 3. The Kier molecular flexibility index (Phi) is 3.24. The van der Waals surface area contributed by atoms with Gasteiger partial charge in [-0.25, -0.2) is 0 Å². The highest BCUT2D eigenvalue weighted by Crippen LogP contribution is 2.23. The van der Waals surface area contributed by atoms with Gasteiger partial charge in [0.2, 0.25) is 0 Å². The van der Waals surface area contributed by atoms with Gasteiger partial charge in [0.25, 0.3) is 0 Å². The van der Waals surface area contributed by atoms with Crippen LogP contribution >= 0.6 is 11.6 Å². The van der Waals surface area contributed by atoms with Crippen molar-refractivity contribution in [2.75, 3.05) is 0 Å². The van der Waals surface area contributed by atoms with E-state index in [0.717, 1.165) is 0 Å². The van der Waals surface area contributed by atoms with Gasteiger partial charge in [-0.05, 0) is 18.2 Å². The summed E-state index contributed by atoms with van der Waals surface area (Å²) in [4.78, 5) is 0. The first-order valence-corrected chi connectivity index (χ1v) is 3.97. The lowest BCUT2D eigenvalue weighted by Crippen LogP contribution is -2.14. The van der Waals surface area contributed by atoms with Crippen LogP contribution < -0.4 is 10.5 Å². The monoisotopic (exact) mass is 220 g/mol. The zero-order valence-corrected chi connectivity index (χ0v) is 7.68. The molecule has 0 atom stereocenters. The minimum absolute atomic E-state index is 0.0535. The molecular formula is C8H7ClF2N2O. The molecule has 0 aromatic heterocycles. The van der Waals surface area contributed by atoms with Crippen LogP contribution in [-0.4, -0.2) is 12.4 Å². The third-order valence-corrected chi connectivity index (χ3v) is 1.68. The van der Waals surface area contributed by atoms with Crippen molar-refractivity contribution in [2.24, 2.45) is 5.73 Å². The van der Waals surface area contributed by atoms with E-state index in [2.05, 4.69) is 4.74 Å². The van der Waals surface area contributed by atoms with E-state index in [9.17, 15) is 8.78 Å². The maximum Gasteiger partial charge on any atom is 0.387 e. The first kappa shape index (κ1) is 10.7. The fourth-order valence-corrected chi connectivity index (χ4v) is 1.08. The van der Waals surface area contributed by atoms with Crippen LogP contribution in [0.1, 0.15) is 5.56 Å². The van der Waals surface area contributed by atoms with Gasteiger partial charge in [-0.3, -0.25) is 5.41 Å². The average Bonchev–Trinajstić information content (AvgIpc) is 2.07. The Labute approximate surface area is 83.9 Å². The predicted octanol–water partition coefficient (Wildman–Crippen LogP) is 2.23.